The third kappa shape index (κ3) is 9.30. The lowest BCUT2D eigenvalue weighted by Crippen LogP contribution is -2.42. The van der Waals surface area contributed by atoms with Crippen molar-refractivity contribution < 1.29 is 4.79 Å². The number of guanidine groups is 1. The van der Waals surface area contributed by atoms with E-state index in [1.54, 1.807) is 7.05 Å². The molecule has 6 heteroatoms. The van der Waals surface area contributed by atoms with E-state index >= 15 is 0 Å². The van der Waals surface area contributed by atoms with Gasteiger partial charge in [0.25, 0.3) is 5.91 Å². The number of halogens is 1. The van der Waals surface area contributed by atoms with Crippen molar-refractivity contribution in [3.8, 4) is 0 Å². The zero-order valence-electron chi connectivity index (χ0n) is 17.6. The van der Waals surface area contributed by atoms with E-state index in [1.807, 2.05) is 37.3 Å². The number of hydrogen-bond donors (Lipinski definition) is 3. The van der Waals surface area contributed by atoms with E-state index in [1.165, 1.54) is 5.56 Å². The monoisotopic (exact) mass is 508 g/mol. The molecule has 1 atom stereocenters. The Morgan fingerprint density at radius 3 is 2.45 bits per heavy atom. The fourth-order valence-corrected chi connectivity index (χ4v) is 2.88. The Kier molecular flexibility index (Phi) is 12.0. The second-order valence-electron chi connectivity index (χ2n) is 6.95. The van der Waals surface area contributed by atoms with Gasteiger partial charge in [0.1, 0.15) is 0 Å². The maximum absolute atomic E-state index is 12.1. The zero-order chi connectivity index (χ0) is 20.2. The summed E-state index contributed by atoms with van der Waals surface area (Å²) < 4.78 is 0. The predicted molar refractivity (Wildman–Crippen MR) is 132 cm³/mol. The number of amides is 1. The lowest BCUT2D eigenvalue weighted by molar-refractivity contribution is 0.0953. The highest BCUT2D eigenvalue weighted by molar-refractivity contribution is 14.0. The fourth-order valence-electron chi connectivity index (χ4n) is 2.88. The van der Waals surface area contributed by atoms with Gasteiger partial charge in [-0.3, -0.25) is 9.79 Å². The molecule has 29 heavy (non-hydrogen) atoms. The third-order valence-electron chi connectivity index (χ3n) is 4.50. The van der Waals surface area contributed by atoms with Crippen molar-refractivity contribution in [3.05, 3.63) is 71.3 Å². The van der Waals surface area contributed by atoms with Crippen LogP contribution in [0.1, 0.15) is 48.2 Å². The smallest absolute Gasteiger partial charge is 0.251 e. The van der Waals surface area contributed by atoms with Gasteiger partial charge in [-0.15, -0.1) is 24.0 Å². The highest BCUT2D eigenvalue weighted by atomic mass is 127. The lowest BCUT2D eigenvalue weighted by atomic mass is 10.1. The first-order chi connectivity index (χ1) is 13.6. The highest BCUT2D eigenvalue weighted by Gasteiger charge is 2.08. The molecule has 0 heterocycles. The molecule has 1 amide bonds. The first-order valence-corrected chi connectivity index (χ1v) is 10.0. The fraction of sp³-hybridized carbons (Fsp3) is 0.391. The van der Waals surface area contributed by atoms with E-state index in [0.29, 0.717) is 24.7 Å². The number of aliphatic imine (C=N–C) groups is 1. The predicted octanol–water partition coefficient (Wildman–Crippen LogP) is 4.13. The van der Waals surface area contributed by atoms with E-state index in [-0.39, 0.29) is 29.9 Å². The van der Waals surface area contributed by atoms with Gasteiger partial charge < -0.3 is 16.0 Å². The van der Waals surface area contributed by atoms with Gasteiger partial charge in [0.2, 0.25) is 0 Å². The molecule has 0 aromatic heterocycles. The topological polar surface area (TPSA) is 65.5 Å². The van der Waals surface area contributed by atoms with Crippen LogP contribution in [-0.2, 0) is 13.0 Å². The van der Waals surface area contributed by atoms with Gasteiger partial charge in [0.05, 0.1) is 0 Å². The molecule has 2 aromatic carbocycles. The van der Waals surface area contributed by atoms with Crippen LogP contribution in [0.4, 0.5) is 0 Å². The number of hydrogen-bond acceptors (Lipinski definition) is 2. The average Bonchev–Trinajstić information content (AvgIpc) is 2.74. The summed E-state index contributed by atoms with van der Waals surface area (Å²) in [5, 5.41) is 9.67. The Hall–Kier alpha value is -2.09. The first-order valence-electron chi connectivity index (χ1n) is 10.0. The van der Waals surface area contributed by atoms with E-state index in [2.05, 4.69) is 52.1 Å². The maximum atomic E-state index is 12.1. The van der Waals surface area contributed by atoms with E-state index in [9.17, 15) is 4.79 Å². The molecule has 5 nitrogen and oxygen atoms in total. The minimum Gasteiger partial charge on any atom is -0.354 e. The molecule has 1 unspecified atom stereocenters. The minimum atomic E-state index is -0.0271. The van der Waals surface area contributed by atoms with E-state index in [0.717, 1.165) is 30.8 Å². The summed E-state index contributed by atoms with van der Waals surface area (Å²) in [5.74, 6) is 0.738. The van der Waals surface area contributed by atoms with Crippen LogP contribution >= 0.6 is 24.0 Å². The first kappa shape index (κ1) is 24.9. The second kappa shape index (κ2) is 14.0. The molecular formula is C23H33IN4O. The van der Waals surface area contributed by atoms with Gasteiger partial charge in [0, 0.05) is 31.7 Å². The molecule has 0 saturated carbocycles. The van der Waals surface area contributed by atoms with Gasteiger partial charge in [-0.25, -0.2) is 0 Å². The Morgan fingerprint density at radius 2 is 1.76 bits per heavy atom. The molecule has 0 aliphatic heterocycles. The standard InChI is InChI=1S/C23H32N4O.HI/c1-4-15-25-22(28)21-12-8-11-20(16-21)17-26-23(24-3)27-18(2)13-14-19-9-6-5-7-10-19;/h5-12,16,18H,4,13-15,17H2,1-3H3,(H,25,28)(H2,24,26,27);1H. The Morgan fingerprint density at radius 1 is 1.03 bits per heavy atom. The van der Waals surface area contributed by atoms with Gasteiger partial charge >= 0.3 is 0 Å². The quantitative estimate of drug-likeness (QED) is 0.271. The summed E-state index contributed by atoms with van der Waals surface area (Å²) in [6, 6.07) is 18.5. The van der Waals surface area contributed by atoms with Crippen LogP contribution in [-0.4, -0.2) is 31.5 Å². The number of nitrogens with one attached hydrogen (secondary N) is 3. The summed E-state index contributed by atoms with van der Waals surface area (Å²) >= 11 is 0. The number of rotatable bonds is 9. The SMILES string of the molecule is CCCNC(=O)c1cccc(CNC(=NC)NC(C)CCc2ccccc2)c1.I. The van der Waals surface area contributed by atoms with Crippen LogP contribution in [0.5, 0.6) is 0 Å². The van der Waals surface area contributed by atoms with Crippen molar-refractivity contribution in [2.75, 3.05) is 13.6 Å². The van der Waals surface area contributed by atoms with Gasteiger partial charge in [-0.05, 0) is 49.4 Å². The Labute approximate surface area is 191 Å². The van der Waals surface area contributed by atoms with E-state index in [4.69, 9.17) is 0 Å². The Bertz CT molecular complexity index is 764. The number of aryl methyl sites for hydroxylation is 1. The van der Waals surface area contributed by atoms with Crippen molar-refractivity contribution in [1.29, 1.82) is 0 Å². The molecule has 0 bridgehead atoms. The summed E-state index contributed by atoms with van der Waals surface area (Å²) in [4.78, 5) is 16.4. The Balaban J connectivity index is 0.00000420. The van der Waals surface area contributed by atoms with Gasteiger partial charge in [-0.1, -0.05) is 49.4 Å². The molecule has 0 fully saturated rings. The van der Waals surface area contributed by atoms with Crippen LogP contribution in [0.3, 0.4) is 0 Å². The molecule has 158 valence electrons. The van der Waals surface area contributed by atoms with Crippen molar-refractivity contribution in [1.82, 2.24) is 16.0 Å². The molecule has 0 aliphatic carbocycles. The van der Waals surface area contributed by atoms with Crippen LogP contribution < -0.4 is 16.0 Å². The number of nitrogens with zero attached hydrogens (tertiary/aromatic N) is 1. The normalized spacial score (nSPS) is 11.9. The summed E-state index contributed by atoms with van der Waals surface area (Å²) in [7, 11) is 1.77. The zero-order valence-corrected chi connectivity index (χ0v) is 19.9. The van der Waals surface area contributed by atoms with Crippen LogP contribution in [0.15, 0.2) is 59.6 Å². The van der Waals surface area contributed by atoms with Crippen molar-refractivity contribution >= 4 is 35.8 Å². The molecule has 2 rings (SSSR count). The van der Waals surface area contributed by atoms with E-state index < -0.39 is 0 Å². The second-order valence-corrected chi connectivity index (χ2v) is 6.95. The third-order valence-corrected chi connectivity index (χ3v) is 4.50. The van der Waals surface area contributed by atoms with Crippen LogP contribution in [0, 0.1) is 0 Å². The van der Waals surface area contributed by atoms with Gasteiger partial charge in [-0.2, -0.15) is 0 Å². The molecular weight excluding hydrogens is 475 g/mol. The number of benzene rings is 2. The van der Waals surface area contributed by atoms with Crippen LogP contribution in [0.25, 0.3) is 0 Å². The largest absolute Gasteiger partial charge is 0.354 e. The molecule has 0 spiro atoms. The summed E-state index contributed by atoms with van der Waals surface area (Å²) in [6.07, 6.45) is 2.98. The molecule has 0 aliphatic rings. The number of carbonyl (C=O) groups excluding carboxylic acids is 1. The minimum absolute atomic E-state index is 0. The summed E-state index contributed by atoms with van der Waals surface area (Å²) in [5.41, 5.74) is 3.08. The summed E-state index contributed by atoms with van der Waals surface area (Å²) in [6.45, 7) is 5.51. The molecule has 0 radical (unpaired) electrons. The maximum Gasteiger partial charge on any atom is 0.251 e. The van der Waals surface area contributed by atoms with Crippen molar-refractivity contribution in [2.45, 2.75) is 45.7 Å². The average molecular weight is 508 g/mol. The highest BCUT2D eigenvalue weighted by Crippen LogP contribution is 2.06. The van der Waals surface area contributed by atoms with Crippen molar-refractivity contribution in [3.63, 3.8) is 0 Å². The molecule has 3 N–H and O–H groups in total. The van der Waals surface area contributed by atoms with Crippen molar-refractivity contribution in [2.24, 2.45) is 4.99 Å². The van der Waals surface area contributed by atoms with Crippen LogP contribution in [0.2, 0.25) is 0 Å². The molecule has 0 saturated heterocycles. The molecule has 2 aromatic rings. The lowest BCUT2D eigenvalue weighted by Gasteiger charge is -2.18. The number of carbonyl (C=O) groups is 1. The van der Waals surface area contributed by atoms with Gasteiger partial charge in [0.15, 0.2) is 5.96 Å².